The number of carbonyl (C=O) groups excluding carboxylic acids is 1. The van der Waals surface area contributed by atoms with E-state index in [9.17, 15) is 4.79 Å². The van der Waals surface area contributed by atoms with Crippen molar-refractivity contribution in [2.75, 3.05) is 6.54 Å². The molecule has 0 aliphatic carbocycles. The molecule has 1 aromatic carbocycles. The van der Waals surface area contributed by atoms with Gasteiger partial charge in [-0.3, -0.25) is 4.79 Å². The lowest BCUT2D eigenvalue weighted by atomic mass is 10.2. The van der Waals surface area contributed by atoms with Crippen molar-refractivity contribution in [3.63, 3.8) is 0 Å². The van der Waals surface area contributed by atoms with Crippen molar-refractivity contribution >= 4 is 5.91 Å². The molecule has 2 heteroatoms. The average molecular weight is 189 g/mol. The van der Waals surface area contributed by atoms with Gasteiger partial charge in [-0.2, -0.15) is 0 Å². The van der Waals surface area contributed by atoms with Gasteiger partial charge >= 0.3 is 0 Å². The molecule has 0 atom stereocenters. The van der Waals surface area contributed by atoms with Crippen LogP contribution in [0.15, 0.2) is 42.6 Å². The zero-order valence-electron chi connectivity index (χ0n) is 8.60. The minimum absolute atomic E-state index is 0.0474. The lowest BCUT2D eigenvalue weighted by Crippen LogP contribution is -2.25. The summed E-state index contributed by atoms with van der Waals surface area (Å²) in [6.45, 7) is 4.56. The second-order valence-electron chi connectivity index (χ2n) is 2.94. The Morgan fingerprint density at radius 3 is 2.50 bits per heavy atom. The molecule has 0 aliphatic heterocycles. The molecule has 0 aliphatic rings. The molecule has 0 spiro atoms. The van der Waals surface area contributed by atoms with Crippen LogP contribution in [-0.4, -0.2) is 17.4 Å². The molecule has 0 bridgehead atoms. The van der Waals surface area contributed by atoms with E-state index < -0.39 is 0 Å². The van der Waals surface area contributed by atoms with Crippen molar-refractivity contribution in [2.45, 2.75) is 13.8 Å². The Hall–Kier alpha value is -1.57. The molecule has 2 nitrogen and oxygen atoms in total. The summed E-state index contributed by atoms with van der Waals surface area (Å²) < 4.78 is 0. The first-order valence-corrected chi connectivity index (χ1v) is 4.78. The summed E-state index contributed by atoms with van der Waals surface area (Å²) >= 11 is 0. The Balaban J connectivity index is 2.83. The van der Waals surface area contributed by atoms with E-state index in [1.165, 1.54) is 0 Å². The molecule has 1 rings (SSSR count). The summed E-state index contributed by atoms with van der Waals surface area (Å²) in [7, 11) is 0. The van der Waals surface area contributed by atoms with Gasteiger partial charge in [-0.1, -0.05) is 24.3 Å². The summed E-state index contributed by atoms with van der Waals surface area (Å²) in [6, 6.07) is 9.30. The van der Waals surface area contributed by atoms with Crippen LogP contribution in [0.3, 0.4) is 0 Å². The van der Waals surface area contributed by atoms with Gasteiger partial charge in [0.1, 0.15) is 0 Å². The zero-order valence-corrected chi connectivity index (χ0v) is 8.60. The second-order valence-corrected chi connectivity index (χ2v) is 2.94. The highest BCUT2D eigenvalue weighted by molar-refractivity contribution is 5.94. The highest BCUT2D eigenvalue weighted by Crippen LogP contribution is 2.04. The Bertz CT molecular complexity index is 316. The second kappa shape index (κ2) is 5.22. The van der Waals surface area contributed by atoms with Crippen molar-refractivity contribution in [1.29, 1.82) is 0 Å². The van der Waals surface area contributed by atoms with Crippen LogP contribution in [0.1, 0.15) is 24.2 Å². The third-order valence-electron chi connectivity index (χ3n) is 1.95. The normalized spacial score (nSPS) is 10.4. The van der Waals surface area contributed by atoms with Crippen LogP contribution < -0.4 is 0 Å². The van der Waals surface area contributed by atoms with Gasteiger partial charge in [0.15, 0.2) is 0 Å². The third-order valence-corrected chi connectivity index (χ3v) is 1.95. The zero-order chi connectivity index (χ0) is 10.4. The summed E-state index contributed by atoms with van der Waals surface area (Å²) in [5.41, 5.74) is 0.729. The molecular weight excluding hydrogens is 174 g/mol. The molecule has 1 aromatic rings. The van der Waals surface area contributed by atoms with Crippen molar-refractivity contribution in [2.24, 2.45) is 0 Å². The molecular formula is C12H15NO. The topological polar surface area (TPSA) is 20.3 Å². The van der Waals surface area contributed by atoms with Crippen LogP contribution in [0, 0.1) is 0 Å². The molecule has 0 radical (unpaired) electrons. The standard InChI is InChI=1S/C12H15NO/c1-3-10-13(4-2)12(14)11-8-6-5-7-9-11/h3,5-10H,4H2,1-2H3/b10-3+. The molecule has 0 aromatic heterocycles. The molecule has 74 valence electrons. The Morgan fingerprint density at radius 1 is 1.36 bits per heavy atom. The van der Waals surface area contributed by atoms with Gasteiger partial charge in [0.25, 0.3) is 5.91 Å². The van der Waals surface area contributed by atoms with Gasteiger partial charge in [0, 0.05) is 18.3 Å². The molecule has 0 saturated heterocycles. The fourth-order valence-corrected chi connectivity index (χ4v) is 1.24. The smallest absolute Gasteiger partial charge is 0.257 e. The van der Waals surface area contributed by atoms with Crippen molar-refractivity contribution < 1.29 is 4.79 Å². The maximum absolute atomic E-state index is 11.8. The molecule has 0 N–H and O–H groups in total. The third kappa shape index (κ3) is 2.46. The van der Waals surface area contributed by atoms with Crippen LogP contribution in [0.25, 0.3) is 0 Å². The van der Waals surface area contributed by atoms with Gasteiger partial charge in [-0.15, -0.1) is 0 Å². The first-order chi connectivity index (χ1) is 6.79. The van der Waals surface area contributed by atoms with Crippen molar-refractivity contribution in [1.82, 2.24) is 4.90 Å². The molecule has 1 amide bonds. The number of hydrogen-bond acceptors (Lipinski definition) is 1. The number of amides is 1. The first-order valence-electron chi connectivity index (χ1n) is 4.78. The van der Waals surface area contributed by atoms with Gasteiger partial charge in [-0.05, 0) is 26.0 Å². The Labute approximate surface area is 84.9 Å². The van der Waals surface area contributed by atoms with E-state index in [1.54, 1.807) is 11.1 Å². The maximum atomic E-state index is 11.8. The molecule has 14 heavy (non-hydrogen) atoms. The van der Waals surface area contributed by atoms with Crippen LogP contribution in [-0.2, 0) is 0 Å². The highest BCUT2D eigenvalue weighted by atomic mass is 16.2. The number of nitrogens with zero attached hydrogens (tertiary/aromatic N) is 1. The highest BCUT2D eigenvalue weighted by Gasteiger charge is 2.09. The fraction of sp³-hybridized carbons (Fsp3) is 0.250. The average Bonchev–Trinajstić information content (AvgIpc) is 2.26. The summed E-state index contributed by atoms with van der Waals surface area (Å²) in [5, 5.41) is 0. The van der Waals surface area contributed by atoms with E-state index in [4.69, 9.17) is 0 Å². The van der Waals surface area contributed by atoms with Crippen molar-refractivity contribution in [3.05, 3.63) is 48.2 Å². The van der Waals surface area contributed by atoms with Gasteiger partial charge in [0.05, 0.1) is 0 Å². The van der Waals surface area contributed by atoms with E-state index in [0.29, 0.717) is 6.54 Å². The quantitative estimate of drug-likeness (QED) is 0.715. The Kier molecular flexibility index (Phi) is 3.92. The monoisotopic (exact) mass is 189 g/mol. The van der Waals surface area contributed by atoms with E-state index in [1.807, 2.05) is 50.3 Å². The summed E-state index contributed by atoms with van der Waals surface area (Å²) in [6.07, 6.45) is 3.67. The van der Waals surface area contributed by atoms with Crippen LogP contribution in [0.2, 0.25) is 0 Å². The lowest BCUT2D eigenvalue weighted by Gasteiger charge is -2.15. The molecule has 0 saturated carbocycles. The van der Waals surface area contributed by atoms with Crippen LogP contribution >= 0.6 is 0 Å². The predicted octanol–water partition coefficient (Wildman–Crippen LogP) is 2.68. The van der Waals surface area contributed by atoms with E-state index in [2.05, 4.69) is 0 Å². The minimum atomic E-state index is 0.0474. The number of hydrogen-bond donors (Lipinski definition) is 0. The van der Waals surface area contributed by atoms with Gasteiger partial charge in [-0.25, -0.2) is 0 Å². The summed E-state index contributed by atoms with van der Waals surface area (Å²) in [5.74, 6) is 0.0474. The van der Waals surface area contributed by atoms with Gasteiger partial charge in [0.2, 0.25) is 0 Å². The van der Waals surface area contributed by atoms with Crippen LogP contribution in [0.5, 0.6) is 0 Å². The molecule has 0 heterocycles. The van der Waals surface area contributed by atoms with E-state index >= 15 is 0 Å². The summed E-state index contributed by atoms with van der Waals surface area (Å²) in [4.78, 5) is 13.5. The maximum Gasteiger partial charge on any atom is 0.257 e. The SMILES string of the molecule is C/C=C/N(CC)C(=O)c1ccccc1. The first kappa shape index (κ1) is 10.5. The number of allylic oxidation sites excluding steroid dienone is 1. The number of carbonyl (C=O) groups is 1. The minimum Gasteiger partial charge on any atom is -0.316 e. The predicted molar refractivity (Wildman–Crippen MR) is 58.0 cm³/mol. The molecule has 0 fully saturated rings. The molecule has 0 unspecified atom stereocenters. The fourth-order valence-electron chi connectivity index (χ4n) is 1.24. The van der Waals surface area contributed by atoms with E-state index in [0.717, 1.165) is 5.56 Å². The van der Waals surface area contributed by atoms with Crippen LogP contribution in [0.4, 0.5) is 0 Å². The largest absolute Gasteiger partial charge is 0.316 e. The lowest BCUT2D eigenvalue weighted by molar-refractivity contribution is 0.0828. The number of benzene rings is 1. The number of rotatable bonds is 3. The Morgan fingerprint density at radius 2 is 2.00 bits per heavy atom. The van der Waals surface area contributed by atoms with Gasteiger partial charge < -0.3 is 4.90 Å². The van der Waals surface area contributed by atoms with E-state index in [-0.39, 0.29) is 5.91 Å². The van der Waals surface area contributed by atoms with Crippen molar-refractivity contribution in [3.8, 4) is 0 Å².